The zero-order chi connectivity index (χ0) is 30.9. The summed E-state index contributed by atoms with van der Waals surface area (Å²) >= 11 is 4.78. The predicted octanol–water partition coefficient (Wildman–Crippen LogP) is 2.18. The van der Waals surface area contributed by atoms with E-state index in [4.69, 9.17) is 4.74 Å². The van der Waals surface area contributed by atoms with Crippen molar-refractivity contribution in [3.05, 3.63) is 93.2 Å². The molecule has 4 amide bonds. The lowest BCUT2D eigenvalue weighted by atomic mass is 10.1. The molecule has 0 saturated heterocycles. The van der Waals surface area contributed by atoms with E-state index in [9.17, 15) is 19.2 Å². The first-order chi connectivity index (χ1) is 20.8. The third kappa shape index (κ3) is 13.5. The highest BCUT2D eigenvalue weighted by Gasteiger charge is 2.19. The van der Waals surface area contributed by atoms with Crippen molar-refractivity contribution in [2.24, 2.45) is 0 Å². The first-order valence-corrected chi connectivity index (χ1v) is 15.9. The van der Waals surface area contributed by atoms with Crippen molar-refractivity contribution in [3.63, 3.8) is 0 Å². The second kappa shape index (κ2) is 18.9. The van der Waals surface area contributed by atoms with Gasteiger partial charge in [0.2, 0.25) is 23.6 Å². The average Bonchev–Trinajstić information content (AvgIpc) is 3.43. The standard InChI is InChI=1S/C31H38BrN5O5S/c1-22-13-26(43-20-22)14-24-7-9-25(10-8-24)19-42-21-37-30(40)18-36-31(41)27(15-23-5-3-2-4-6-23)33-11-12-34-29(39)17-35-28(38)16-32/h2-10,13,20,27,33H,11-12,14-19,21H2,1H3,(H,34,39)(H,35,38)(H,36,41)(H,37,40)/t27-/m0/s1. The highest BCUT2D eigenvalue weighted by Crippen LogP contribution is 2.18. The van der Waals surface area contributed by atoms with Crippen molar-refractivity contribution in [1.29, 1.82) is 0 Å². The summed E-state index contributed by atoms with van der Waals surface area (Å²) in [7, 11) is 0. The van der Waals surface area contributed by atoms with Crippen LogP contribution in [0, 0.1) is 6.92 Å². The van der Waals surface area contributed by atoms with E-state index >= 15 is 0 Å². The average molecular weight is 673 g/mol. The van der Waals surface area contributed by atoms with Gasteiger partial charge >= 0.3 is 0 Å². The van der Waals surface area contributed by atoms with Crippen molar-refractivity contribution >= 4 is 50.9 Å². The third-order valence-corrected chi connectivity index (χ3v) is 7.82. The fourth-order valence-corrected chi connectivity index (χ4v) is 5.14. The van der Waals surface area contributed by atoms with Crippen LogP contribution < -0.4 is 26.6 Å². The molecule has 12 heteroatoms. The number of ether oxygens (including phenoxy) is 1. The quantitative estimate of drug-likeness (QED) is 0.0799. The molecule has 1 heterocycles. The number of benzene rings is 2. The molecule has 0 unspecified atom stereocenters. The van der Waals surface area contributed by atoms with E-state index in [1.54, 1.807) is 11.3 Å². The van der Waals surface area contributed by atoms with Crippen LogP contribution in [-0.2, 0) is 43.4 Å². The van der Waals surface area contributed by atoms with Gasteiger partial charge in [-0.2, -0.15) is 0 Å². The van der Waals surface area contributed by atoms with Crippen LogP contribution in [0.15, 0.2) is 66.0 Å². The molecule has 10 nitrogen and oxygen atoms in total. The number of thiophene rings is 1. The Kier molecular flexibility index (Phi) is 14.9. The van der Waals surface area contributed by atoms with Crippen molar-refractivity contribution in [2.75, 3.05) is 38.2 Å². The van der Waals surface area contributed by atoms with E-state index in [1.165, 1.54) is 16.0 Å². The summed E-state index contributed by atoms with van der Waals surface area (Å²) in [6.07, 6.45) is 1.30. The Morgan fingerprint density at radius 3 is 2.21 bits per heavy atom. The number of carbonyl (C=O) groups excluding carboxylic acids is 4. The molecule has 0 bridgehead atoms. The van der Waals surface area contributed by atoms with Crippen LogP contribution in [-0.4, -0.2) is 67.9 Å². The van der Waals surface area contributed by atoms with E-state index in [1.807, 2.05) is 42.5 Å². The molecule has 1 aromatic heterocycles. The minimum Gasteiger partial charge on any atom is -0.357 e. The maximum Gasteiger partial charge on any atom is 0.241 e. The Morgan fingerprint density at radius 1 is 0.814 bits per heavy atom. The van der Waals surface area contributed by atoms with Gasteiger partial charge in [0.25, 0.3) is 0 Å². The molecule has 0 saturated carbocycles. The van der Waals surface area contributed by atoms with Crippen molar-refractivity contribution in [3.8, 4) is 0 Å². The van der Waals surface area contributed by atoms with Gasteiger partial charge < -0.3 is 31.3 Å². The molecule has 3 rings (SSSR count). The number of nitrogens with one attached hydrogen (secondary N) is 5. The number of hydrogen-bond acceptors (Lipinski definition) is 7. The summed E-state index contributed by atoms with van der Waals surface area (Å²) in [5.74, 6) is -1.33. The van der Waals surface area contributed by atoms with Crippen LogP contribution in [0.2, 0.25) is 0 Å². The maximum atomic E-state index is 12.9. The molecule has 0 fully saturated rings. The Bertz CT molecular complexity index is 1320. The molecule has 5 N–H and O–H groups in total. The van der Waals surface area contributed by atoms with Gasteiger partial charge in [-0.05, 0) is 47.0 Å². The second-order valence-corrected chi connectivity index (χ2v) is 11.4. The number of hydrogen-bond donors (Lipinski definition) is 5. The molecule has 0 radical (unpaired) electrons. The smallest absolute Gasteiger partial charge is 0.241 e. The van der Waals surface area contributed by atoms with Gasteiger partial charge in [-0.1, -0.05) is 70.5 Å². The van der Waals surface area contributed by atoms with Crippen molar-refractivity contribution in [1.82, 2.24) is 26.6 Å². The van der Waals surface area contributed by atoms with E-state index in [-0.39, 0.29) is 55.3 Å². The van der Waals surface area contributed by atoms with Gasteiger partial charge in [-0.15, -0.1) is 11.3 Å². The third-order valence-electron chi connectivity index (χ3n) is 6.25. The van der Waals surface area contributed by atoms with Crippen LogP contribution >= 0.6 is 27.3 Å². The maximum absolute atomic E-state index is 12.9. The number of amides is 4. The predicted molar refractivity (Wildman–Crippen MR) is 171 cm³/mol. The number of aryl methyl sites for hydroxylation is 1. The highest BCUT2D eigenvalue weighted by molar-refractivity contribution is 9.09. The normalized spacial score (nSPS) is 11.4. The molecule has 230 valence electrons. The summed E-state index contributed by atoms with van der Waals surface area (Å²) in [5.41, 5.74) is 4.46. The number of carbonyl (C=O) groups is 4. The lowest BCUT2D eigenvalue weighted by molar-refractivity contribution is -0.128. The summed E-state index contributed by atoms with van der Waals surface area (Å²) in [4.78, 5) is 49.7. The molecule has 0 aliphatic rings. The van der Waals surface area contributed by atoms with Gasteiger partial charge in [0.1, 0.15) is 6.73 Å². The van der Waals surface area contributed by atoms with Gasteiger partial charge in [-0.25, -0.2) is 0 Å². The fraction of sp³-hybridized carbons (Fsp3) is 0.355. The minimum atomic E-state index is -0.622. The number of halogens is 1. The molecule has 0 aliphatic heterocycles. The molecule has 2 aromatic carbocycles. The minimum absolute atomic E-state index is 0.0203. The fourth-order valence-electron chi connectivity index (χ4n) is 4.04. The van der Waals surface area contributed by atoms with E-state index in [2.05, 4.69) is 73.0 Å². The summed E-state index contributed by atoms with van der Waals surface area (Å²) < 4.78 is 5.59. The SMILES string of the molecule is Cc1csc(Cc2ccc(COCNC(=O)CNC(=O)[C@H](Cc3ccccc3)NCCNC(=O)CNC(=O)CBr)cc2)c1. The molecule has 3 aromatic rings. The first-order valence-electron chi connectivity index (χ1n) is 13.9. The van der Waals surface area contributed by atoms with Crippen LogP contribution in [0.4, 0.5) is 0 Å². The van der Waals surface area contributed by atoms with E-state index in [0.717, 1.165) is 17.5 Å². The van der Waals surface area contributed by atoms with Crippen LogP contribution in [0.3, 0.4) is 0 Å². The van der Waals surface area contributed by atoms with E-state index < -0.39 is 6.04 Å². The number of alkyl halides is 1. The van der Waals surface area contributed by atoms with Crippen molar-refractivity contribution < 1.29 is 23.9 Å². The topological polar surface area (TPSA) is 138 Å². The Hall–Kier alpha value is -3.58. The Morgan fingerprint density at radius 2 is 1.51 bits per heavy atom. The lowest BCUT2D eigenvalue weighted by Gasteiger charge is -2.19. The molecular weight excluding hydrogens is 634 g/mol. The summed E-state index contributed by atoms with van der Waals surface area (Å²) in [6.45, 7) is 2.72. The van der Waals surface area contributed by atoms with Crippen LogP contribution in [0.1, 0.15) is 27.1 Å². The monoisotopic (exact) mass is 671 g/mol. The first kappa shape index (κ1) is 33.9. The largest absolute Gasteiger partial charge is 0.357 e. The molecular formula is C31H38BrN5O5S. The molecule has 43 heavy (non-hydrogen) atoms. The molecule has 0 spiro atoms. The molecule has 1 atom stereocenters. The second-order valence-electron chi connectivity index (χ2n) is 9.85. The summed E-state index contributed by atoms with van der Waals surface area (Å²) in [5, 5.41) is 15.9. The van der Waals surface area contributed by atoms with Gasteiger partial charge in [0, 0.05) is 24.4 Å². The van der Waals surface area contributed by atoms with Crippen LogP contribution in [0.25, 0.3) is 0 Å². The zero-order valence-corrected chi connectivity index (χ0v) is 26.5. The van der Waals surface area contributed by atoms with Gasteiger partial charge in [-0.3, -0.25) is 19.2 Å². The number of rotatable bonds is 18. The van der Waals surface area contributed by atoms with Crippen LogP contribution in [0.5, 0.6) is 0 Å². The zero-order valence-electron chi connectivity index (χ0n) is 24.1. The summed E-state index contributed by atoms with van der Waals surface area (Å²) in [6, 6.07) is 19.3. The Labute approximate surface area is 264 Å². The lowest BCUT2D eigenvalue weighted by Crippen LogP contribution is -2.50. The van der Waals surface area contributed by atoms with Gasteiger partial charge in [0.15, 0.2) is 0 Å². The van der Waals surface area contributed by atoms with Crippen molar-refractivity contribution in [2.45, 2.75) is 32.4 Å². The highest BCUT2D eigenvalue weighted by atomic mass is 79.9. The molecule has 0 aliphatic carbocycles. The van der Waals surface area contributed by atoms with E-state index in [0.29, 0.717) is 19.6 Å². The Balaban J connectivity index is 1.36. The van der Waals surface area contributed by atoms with Gasteiger partial charge in [0.05, 0.1) is 31.1 Å².